The number of hydrogen-bond acceptors (Lipinski definition) is 3. The van der Waals surface area contributed by atoms with Gasteiger partial charge in [-0.1, -0.05) is 27.7 Å². The Labute approximate surface area is 107 Å². The second-order valence-corrected chi connectivity index (χ2v) is 6.31. The highest BCUT2D eigenvalue weighted by Crippen LogP contribution is 2.68. The number of anilines is 1. The van der Waals surface area contributed by atoms with E-state index in [4.69, 9.17) is 0 Å². The van der Waals surface area contributed by atoms with Gasteiger partial charge in [0.15, 0.2) is 5.82 Å². The summed E-state index contributed by atoms with van der Waals surface area (Å²) >= 11 is 0. The maximum absolute atomic E-state index is 4.40. The van der Waals surface area contributed by atoms with Gasteiger partial charge in [0.2, 0.25) is 0 Å². The SMILES string of the molecule is CC1(C)C(CNc2nccn3nccc23)C1(C)C. The Morgan fingerprint density at radius 2 is 1.94 bits per heavy atom. The van der Waals surface area contributed by atoms with Crippen LogP contribution in [0.15, 0.2) is 24.7 Å². The molecule has 2 heterocycles. The Kier molecular flexibility index (Phi) is 2.22. The first-order valence-corrected chi connectivity index (χ1v) is 6.47. The first-order valence-electron chi connectivity index (χ1n) is 6.47. The van der Waals surface area contributed by atoms with Crippen molar-refractivity contribution in [1.82, 2.24) is 14.6 Å². The lowest BCUT2D eigenvalue weighted by atomic mass is 10.0. The molecule has 4 heteroatoms. The molecule has 18 heavy (non-hydrogen) atoms. The molecule has 0 aliphatic heterocycles. The summed E-state index contributed by atoms with van der Waals surface area (Å²) in [5, 5.41) is 7.69. The standard InChI is InChI=1S/C14H20N4/c1-13(2)11(14(13,3)4)9-16-12-10-5-6-17-18(10)8-7-15-12/h5-8,11H,9H2,1-4H3,(H,15,16). The summed E-state index contributed by atoms with van der Waals surface area (Å²) in [5.41, 5.74) is 1.85. The van der Waals surface area contributed by atoms with Crippen LogP contribution in [-0.2, 0) is 0 Å². The van der Waals surface area contributed by atoms with E-state index in [9.17, 15) is 0 Å². The zero-order valence-electron chi connectivity index (χ0n) is 11.4. The minimum atomic E-state index is 0.408. The number of hydrogen-bond donors (Lipinski definition) is 1. The van der Waals surface area contributed by atoms with Gasteiger partial charge in [-0.3, -0.25) is 0 Å². The monoisotopic (exact) mass is 244 g/mol. The van der Waals surface area contributed by atoms with Crippen molar-refractivity contribution in [2.75, 3.05) is 11.9 Å². The van der Waals surface area contributed by atoms with Crippen LogP contribution >= 0.6 is 0 Å². The van der Waals surface area contributed by atoms with Gasteiger partial charge in [-0.25, -0.2) is 9.50 Å². The lowest BCUT2D eigenvalue weighted by molar-refractivity contribution is 0.457. The number of rotatable bonds is 3. The molecule has 2 aromatic heterocycles. The second-order valence-electron chi connectivity index (χ2n) is 6.31. The molecule has 0 radical (unpaired) electrons. The third kappa shape index (κ3) is 1.44. The topological polar surface area (TPSA) is 42.2 Å². The van der Waals surface area contributed by atoms with Crippen LogP contribution in [0.2, 0.25) is 0 Å². The van der Waals surface area contributed by atoms with Crippen molar-refractivity contribution < 1.29 is 0 Å². The molecular weight excluding hydrogens is 224 g/mol. The quantitative estimate of drug-likeness (QED) is 0.902. The summed E-state index contributed by atoms with van der Waals surface area (Å²) in [6.45, 7) is 10.3. The van der Waals surface area contributed by atoms with Crippen LogP contribution in [0.4, 0.5) is 5.82 Å². The molecule has 1 fully saturated rings. The fraction of sp³-hybridized carbons (Fsp3) is 0.571. The molecule has 0 atom stereocenters. The normalized spacial score (nSPS) is 21.1. The molecule has 0 bridgehead atoms. The van der Waals surface area contributed by atoms with Crippen molar-refractivity contribution in [3.63, 3.8) is 0 Å². The van der Waals surface area contributed by atoms with Crippen LogP contribution in [0.3, 0.4) is 0 Å². The van der Waals surface area contributed by atoms with Crippen LogP contribution in [0.25, 0.3) is 5.52 Å². The molecule has 0 unspecified atom stereocenters. The third-order valence-electron chi connectivity index (χ3n) is 5.12. The fourth-order valence-electron chi connectivity index (χ4n) is 3.04. The number of fused-ring (bicyclic) bond motifs is 1. The predicted octanol–water partition coefficient (Wildman–Crippen LogP) is 2.82. The van der Waals surface area contributed by atoms with Crippen LogP contribution in [0.5, 0.6) is 0 Å². The van der Waals surface area contributed by atoms with E-state index in [0.29, 0.717) is 16.7 Å². The highest BCUT2D eigenvalue weighted by Gasteiger charge is 2.64. The van der Waals surface area contributed by atoms with Gasteiger partial charge in [-0.15, -0.1) is 0 Å². The highest BCUT2D eigenvalue weighted by molar-refractivity contribution is 5.66. The van der Waals surface area contributed by atoms with E-state index in [0.717, 1.165) is 17.9 Å². The van der Waals surface area contributed by atoms with Crippen LogP contribution < -0.4 is 5.32 Å². The Balaban J connectivity index is 1.77. The number of aromatic nitrogens is 3. The van der Waals surface area contributed by atoms with Crippen molar-refractivity contribution in [2.45, 2.75) is 27.7 Å². The van der Waals surface area contributed by atoms with E-state index in [-0.39, 0.29) is 0 Å². The van der Waals surface area contributed by atoms with Crippen molar-refractivity contribution in [3.8, 4) is 0 Å². The minimum absolute atomic E-state index is 0.408. The maximum Gasteiger partial charge on any atom is 0.152 e. The van der Waals surface area contributed by atoms with Gasteiger partial charge < -0.3 is 5.32 Å². The van der Waals surface area contributed by atoms with E-state index in [1.54, 1.807) is 12.4 Å². The lowest BCUT2D eigenvalue weighted by Crippen LogP contribution is -2.10. The smallest absolute Gasteiger partial charge is 0.152 e. The van der Waals surface area contributed by atoms with E-state index in [2.05, 4.69) is 43.1 Å². The fourth-order valence-corrected chi connectivity index (χ4v) is 3.04. The molecule has 0 amide bonds. The van der Waals surface area contributed by atoms with E-state index >= 15 is 0 Å². The Morgan fingerprint density at radius 1 is 1.22 bits per heavy atom. The van der Waals surface area contributed by atoms with Gasteiger partial charge in [0, 0.05) is 18.9 Å². The minimum Gasteiger partial charge on any atom is -0.368 e. The van der Waals surface area contributed by atoms with Gasteiger partial charge in [0.05, 0.1) is 6.20 Å². The predicted molar refractivity (Wildman–Crippen MR) is 72.5 cm³/mol. The Bertz CT molecular complexity index is 568. The molecule has 1 N–H and O–H groups in total. The number of nitrogens with one attached hydrogen (secondary N) is 1. The molecular formula is C14H20N4. The summed E-state index contributed by atoms with van der Waals surface area (Å²) in [6, 6.07) is 1.98. The lowest BCUT2D eigenvalue weighted by Gasteiger charge is -2.07. The maximum atomic E-state index is 4.40. The average Bonchev–Trinajstić information content (AvgIpc) is 2.71. The molecule has 0 saturated heterocycles. The summed E-state index contributed by atoms with van der Waals surface area (Å²) in [7, 11) is 0. The molecule has 1 aliphatic rings. The number of nitrogens with zero attached hydrogens (tertiary/aromatic N) is 3. The van der Waals surface area contributed by atoms with Crippen molar-refractivity contribution in [3.05, 3.63) is 24.7 Å². The Morgan fingerprint density at radius 3 is 2.61 bits per heavy atom. The van der Waals surface area contributed by atoms with Crippen LogP contribution in [0.1, 0.15) is 27.7 Å². The zero-order valence-corrected chi connectivity index (χ0v) is 11.4. The summed E-state index contributed by atoms with van der Waals surface area (Å²) in [5.74, 6) is 1.61. The molecule has 0 spiro atoms. The average molecular weight is 244 g/mol. The molecule has 1 saturated carbocycles. The highest BCUT2D eigenvalue weighted by atomic mass is 15.2. The van der Waals surface area contributed by atoms with Crippen LogP contribution in [-0.4, -0.2) is 21.1 Å². The Hall–Kier alpha value is -1.58. The molecule has 0 aromatic carbocycles. The third-order valence-corrected chi connectivity index (χ3v) is 5.12. The largest absolute Gasteiger partial charge is 0.368 e. The first kappa shape index (κ1) is 11.5. The van der Waals surface area contributed by atoms with E-state index < -0.39 is 0 Å². The van der Waals surface area contributed by atoms with Gasteiger partial charge >= 0.3 is 0 Å². The van der Waals surface area contributed by atoms with Crippen molar-refractivity contribution in [1.29, 1.82) is 0 Å². The van der Waals surface area contributed by atoms with Crippen LogP contribution in [0, 0.1) is 16.7 Å². The molecule has 96 valence electrons. The van der Waals surface area contributed by atoms with Crippen molar-refractivity contribution in [2.24, 2.45) is 16.7 Å². The zero-order chi connectivity index (χ0) is 13.0. The second kappa shape index (κ2) is 3.46. The van der Waals surface area contributed by atoms with Gasteiger partial charge in [-0.05, 0) is 22.8 Å². The van der Waals surface area contributed by atoms with E-state index in [1.807, 2.05) is 16.8 Å². The molecule has 2 aromatic rings. The van der Waals surface area contributed by atoms with E-state index in [1.165, 1.54) is 0 Å². The summed E-state index contributed by atoms with van der Waals surface area (Å²) < 4.78 is 1.85. The summed E-state index contributed by atoms with van der Waals surface area (Å²) in [6.07, 6.45) is 5.45. The van der Waals surface area contributed by atoms with Gasteiger partial charge in [0.1, 0.15) is 5.52 Å². The summed E-state index contributed by atoms with van der Waals surface area (Å²) in [4.78, 5) is 4.40. The molecule has 3 rings (SSSR count). The first-order chi connectivity index (χ1) is 8.44. The molecule has 1 aliphatic carbocycles. The van der Waals surface area contributed by atoms with Crippen molar-refractivity contribution >= 4 is 11.3 Å². The van der Waals surface area contributed by atoms with Gasteiger partial charge in [-0.2, -0.15) is 5.10 Å². The van der Waals surface area contributed by atoms with Gasteiger partial charge in [0.25, 0.3) is 0 Å². The molecule has 4 nitrogen and oxygen atoms in total.